The van der Waals surface area contributed by atoms with Gasteiger partial charge < -0.3 is 10.2 Å². The molecule has 0 bridgehead atoms. The minimum atomic E-state index is 0.582. The van der Waals surface area contributed by atoms with Crippen molar-refractivity contribution in [2.45, 2.75) is 52.1 Å². The third-order valence-electron chi connectivity index (χ3n) is 3.68. The number of rotatable bonds is 4. The largest absolute Gasteiger partial charge is 0.370 e. The van der Waals surface area contributed by atoms with Crippen LogP contribution < -0.4 is 10.2 Å². The predicted octanol–water partition coefficient (Wildman–Crippen LogP) is 3.39. The molecule has 1 aliphatic heterocycles. The van der Waals surface area contributed by atoms with Crippen molar-refractivity contribution in [2.24, 2.45) is 0 Å². The molecule has 1 aromatic rings. The molecule has 100 valence electrons. The number of nitrogens with zero attached hydrogens (tertiary/aromatic N) is 1. The van der Waals surface area contributed by atoms with Crippen LogP contribution in [0.15, 0.2) is 24.3 Å². The van der Waals surface area contributed by atoms with E-state index < -0.39 is 0 Å². The van der Waals surface area contributed by atoms with Gasteiger partial charge in [0.1, 0.15) is 0 Å². The Balaban J connectivity index is 1.96. The molecule has 18 heavy (non-hydrogen) atoms. The molecule has 0 aromatic heterocycles. The van der Waals surface area contributed by atoms with Crippen LogP contribution in [0.3, 0.4) is 0 Å². The Morgan fingerprint density at radius 3 is 2.33 bits per heavy atom. The highest BCUT2D eigenvalue weighted by Crippen LogP contribution is 2.23. The maximum Gasteiger partial charge on any atom is 0.0366 e. The predicted molar refractivity (Wildman–Crippen MR) is 79.4 cm³/mol. The fraction of sp³-hybridized carbons (Fsp3) is 0.625. The minimum Gasteiger partial charge on any atom is -0.370 e. The van der Waals surface area contributed by atoms with E-state index in [0.29, 0.717) is 18.0 Å². The second-order valence-corrected chi connectivity index (χ2v) is 6.00. The third-order valence-corrected chi connectivity index (χ3v) is 3.68. The molecule has 1 saturated heterocycles. The standard InChI is InChI=1S/C16H26N2/c1-12(2)14-5-7-16(8-6-14)18-10-9-15(11-18)17-13(3)4/h5-8,12-13,15,17H,9-11H2,1-4H3. The van der Waals surface area contributed by atoms with E-state index in [1.54, 1.807) is 0 Å². The molecular weight excluding hydrogens is 220 g/mol. The Bertz CT molecular complexity index is 367. The van der Waals surface area contributed by atoms with E-state index in [1.165, 1.54) is 24.2 Å². The summed E-state index contributed by atoms with van der Waals surface area (Å²) in [4.78, 5) is 2.49. The molecule has 1 atom stereocenters. The van der Waals surface area contributed by atoms with Gasteiger partial charge in [0, 0.05) is 30.9 Å². The summed E-state index contributed by atoms with van der Waals surface area (Å²) in [5.74, 6) is 0.619. The van der Waals surface area contributed by atoms with Crippen LogP contribution in [0, 0.1) is 0 Å². The molecular formula is C16H26N2. The number of benzene rings is 1. The Hall–Kier alpha value is -1.02. The lowest BCUT2D eigenvalue weighted by Gasteiger charge is -2.20. The Morgan fingerprint density at radius 1 is 1.11 bits per heavy atom. The minimum absolute atomic E-state index is 0.582. The molecule has 0 spiro atoms. The van der Waals surface area contributed by atoms with Crippen molar-refractivity contribution >= 4 is 5.69 Å². The van der Waals surface area contributed by atoms with E-state index in [0.717, 1.165) is 6.54 Å². The molecule has 1 N–H and O–H groups in total. The van der Waals surface area contributed by atoms with Crippen LogP contribution in [0.2, 0.25) is 0 Å². The van der Waals surface area contributed by atoms with Crippen LogP contribution in [0.1, 0.15) is 45.6 Å². The second-order valence-electron chi connectivity index (χ2n) is 6.00. The highest BCUT2D eigenvalue weighted by Gasteiger charge is 2.22. The van der Waals surface area contributed by atoms with Gasteiger partial charge in [-0.1, -0.05) is 39.8 Å². The summed E-state index contributed by atoms with van der Waals surface area (Å²) < 4.78 is 0. The number of nitrogens with one attached hydrogen (secondary N) is 1. The maximum atomic E-state index is 3.63. The smallest absolute Gasteiger partial charge is 0.0366 e. The summed E-state index contributed by atoms with van der Waals surface area (Å²) in [6.45, 7) is 11.2. The first-order chi connectivity index (χ1) is 8.56. The van der Waals surface area contributed by atoms with Gasteiger partial charge in [-0.05, 0) is 30.0 Å². The second kappa shape index (κ2) is 5.75. The Labute approximate surface area is 111 Å². The zero-order chi connectivity index (χ0) is 13.1. The van der Waals surface area contributed by atoms with Crippen molar-refractivity contribution in [2.75, 3.05) is 18.0 Å². The average molecular weight is 246 g/mol. The monoisotopic (exact) mass is 246 g/mol. The summed E-state index contributed by atoms with van der Waals surface area (Å²) in [6.07, 6.45) is 1.25. The zero-order valence-corrected chi connectivity index (χ0v) is 12.1. The van der Waals surface area contributed by atoms with Crippen LogP contribution in [-0.4, -0.2) is 25.2 Å². The molecule has 1 aromatic carbocycles. The van der Waals surface area contributed by atoms with Crippen LogP contribution in [-0.2, 0) is 0 Å². The van der Waals surface area contributed by atoms with Gasteiger partial charge in [-0.2, -0.15) is 0 Å². The number of hydrogen-bond donors (Lipinski definition) is 1. The van der Waals surface area contributed by atoms with Crippen molar-refractivity contribution in [1.82, 2.24) is 5.32 Å². The molecule has 2 rings (SSSR count). The lowest BCUT2D eigenvalue weighted by atomic mass is 10.0. The molecule has 1 heterocycles. The molecule has 0 aliphatic carbocycles. The lowest BCUT2D eigenvalue weighted by molar-refractivity contribution is 0.492. The number of anilines is 1. The van der Waals surface area contributed by atoms with E-state index in [4.69, 9.17) is 0 Å². The van der Waals surface area contributed by atoms with Gasteiger partial charge in [-0.15, -0.1) is 0 Å². The van der Waals surface area contributed by atoms with Gasteiger partial charge in [0.25, 0.3) is 0 Å². The first-order valence-corrected chi connectivity index (χ1v) is 7.17. The highest BCUT2D eigenvalue weighted by molar-refractivity contribution is 5.49. The van der Waals surface area contributed by atoms with Crippen LogP contribution >= 0.6 is 0 Å². The van der Waals surface area contributed by atoms with E-state index in [9.17, 15) is 0 Å². The van der Waals surface area contributed by atoms with Gasteiger partial charge >= 0.3 is 0 Å². The number of hydrogen-bond acceptors (Lipinski definition) is 2. The quantitative estimate of drug-likeness (QED) is 0.876. The van der Waals surface area contributed by atoms with E-state index in [1.807, 2.05) is 0 Å². The topological polar surface area (TPSA) is 15.3 Å². The maximum absolute atomic E-state index is 3.63. The van der Waals surface area contributed by atoms with Gasteiger partial charge in [0.15, 0.2) is 0 Å². The molecule has 1 aliphatic rings. The van der Waals surface area contributed by atoms with Gasteiger partial charge in [0.05, 0.1) is 0 Å². The van der Waals surface area contributed by atoms with E-state index >= 15 is 0 Å². The molecule has 0 saturated carbocycles. The third kappa shape index (κ3) is 3.26. The van der Waals surface area contributed by atoms with Crippen LogP contribution in [0.5, 0.6) is 0 Å². The van der Waals surface area contributed by atoms with Gasteiger partial charge in [-0.3, -0.25) is 0 Å². The summed E-state index contributed by atoms with van der Waals surface area (Å²) in [7, 11) is 0. The van der Waals surface area contributed by atoms with E-state index in [-0.39, 0.29) is 0 Å². The lowest BCUT2D eigenvalue weighted by Crippen LogP contribution is -2.36. The Kier molecular flexibility index (Phi) is 4.28. The van der Waals surface area contributed by atoms with Crippen LogP contribution in [0.4, 0.5) is 5.69 Å². The SMILES string of the molecule is CC(C)NC1CCN(c2ccc(C(C)C)cc2)C1. The first-order valence-electron chi connectivity index (χ1n) is 7.17. The molecule has 0 radical (unpaired) electrons. The van der Waals surface area contributed by atoms with E-state index in [2.05, 4.69) is 62.2 Å². The summed E-state index contributed by atoms with van der Waals surface area (Å²) >= 11 is 0. The van der Waals surface area contributed by atoms with Crippen LogP contribution in [0.25, 0.3) is 0 Å². The fourth-order valence-corrected chi connectivity index (χ4v) is 2.67. The van der Waals surface area contributed by atoms with Crippen molar-refractivity contribution in [3.8, 4) is 0 Å². The highest BCUT2D eigenvalue weighted by atomic mass is 15.2. The fourth-order valence-electron chi connectivity index (χ4n) is 2.67. The molecule has 1 fully saturated rings. The Morgan fingerprint density at radius 2 is 1.78 bits per heavy atom. The van der Waals surface area contributed by atoms with Crippen molar-refractivity contribution in [3.05, 3.63) is 29.8 Å². The van der Waals surface area contributed by atoms with Crippen molar-refractivity contribution in [1.29, 1.82) is 0 Å². The molecule has 2 nitrogen and oxygen atoms in total. The zero-order valence-electron chi connectivity index (χ0n) is 12.1. The normalized spacial score (nSPS) is 20.1. The average Bonchev–Trinajstić information content (AvgIpc) is 2.76. The van der Waals surface area contributed by atoms with Gasteiger partial charge in [-0.25, -0.2) is 0 Å². The molecule has 0 amide bonds. The van der Waals surface area contributed by atoms with Crippen molar-refractivity contribution in [3.63, 3.8) is 0 Å². The first kappa shape index (κ1) is 13.4. The summed E-state index contributed by atoms with van der Waals surface area (Å²) in [6, 6.07) is 10.3. The van der Waals surface area contributed by atoms with Crippen molar-refractivity contribution < 1.29 is 0 Å². The summed E-state index contributed by atoms with van der Waals surface area (Å²) in [5.41, 5.74) is 2.79. The molecule has 1 unspecified atom stereocenters. The summed E-state index contributed by atoms with van der Waals surface area (Å²) in [5, 5.41) is 3.63. The van der Waals surface area contributed by atoms with Gasteiger partial charge in [0.2, 0.25) is 0 Å². The molecule has 2 heteroatoms.